The van der Waals surface area contributed by atoms with Gasteiger partial charge in [0.25, 0.3) is 5.91 Å². The van der Waals surface area contributed by atoms with E-state index >= 15 is 0 Å². The molecule has 2 N–H and O–H groups in total. The highest BCUT2D eigenvalue weighted by Crippen LogP contribution is 2.09. The molecule has 0 bridgehead atoms. The van der Waals surface area contributed by atoms with Gasteiger partial charge >= 0.3 is 0 Å². The zero-order valence-electron chi connectivity index (χ0n) is 11.3. The quantitative estimate of drug-likeness (QED) is 0.701. The summed E-state index contributed by atoms with van der Waals surface area (Å²) in [7, 11) is 3.29. The van der Waals surface area contributed by atoms with Crippen LogP contribution in [0, 0.1) is 0 Å². The maximum absolute atomic E-state index is 11.9. The molecule has 8 heteroatoms. The van der Waals surface area contributed by atoms with Crippen molar-refractivity contribution < 1.29 is 9.59 Å². The SMILES string of the molecule is CC(NC(=O)c1cn(C2CNC2)nn1)C(=O)N(C)C. The van der Waals surface area contributed by atoms with E-state index in [1.165, 1.54) is 4.90 Å². The van der Waals surface area contributed by atoms with Gasteiger partial charge in [-0.25, -0.2) is 4.68 Å². The Hall–Kier alpha value is -1.96. The lowest BCUT2D eigenvalue weighted by molar-refractivity contribution is -0.130. The van der Waals surface area contributed by atoms with Crippen molar-refractivity contribution in [1.29, 1.82) is 0 Å². The third kappa shape index (κ3) is 2.90. The second kappa shape index (κ2) is 5.35. The van der Waals surface area contributed by atoms with E-state index < -0.39 is 6.04 Å². The fraction of sp³-hybridized carbons (Fsp3) is 0.636. The van der Waals surface area contributed by atoms with Crippen LogP contribution in [0.1, 0.15) is 23.5 Å². The Kier molecular flexibility index (Phi) is 3.79. The lowest BCUT2D eigenvalue weighted by Crippen LogP contribution is -2.44. The number of hydrogen-bond donors (Lipinski definition) is 2. The summed E-state index contributed by atoms with van der Waals surface area (Å²) in [6, 6.07) is -0.326. The van der Waals surface area contributed by atoms with Crippen LogP contribution in [-0.4, -0.2) is 64.9 Å². The number of nitrogens with zero attached hydrogens (tertiary/aromatic N) is 4. The van der Waals surface area contributed by atoms with Gasteiger partial charge in [0.05, 0.1) is 12.2 Å². The summed E-state index contributed by atoms with van der Waals surface area (Å²) >= 11 is 0. The van der Waals surface area contributed by atoms with E-state index in [4.69, 9.17) is 0 Å². The van der Waals surface area contributed by atoms with Crippen LogP contribution < -0.4 is 10.6 Å². The molecule has 0 radical (unpaired) electrons. The summed E-state index contributed by atoms with van der Waals surface area (Å²) in [5.41, 5.74) is 0.227. The molecule has 1 unspecified atom stereocenters. The number of carbonyl (C=O) groups excluding carboxylic acids is 2. The van der Waals surface area contributed by atoms with Crippen molar-refractivity contribution in [2.75, 3.05) is 27.2 Å². The monoisotopic (exact) mass is 266 g/mol. The maximum Gasteiger partial charge on any atom is 0.274 e. The van der Waals surface area contributed by atoms with E-state index in [0.717, 1.165) is 13.1 Å². The van der Waals surface area contributed by atoms with Gasteiger partial charge in [0.1, 0.15) is 6.04 Å². The molecule has 2 rings (SSSR count). The predicted molar refractivity (Wildman–Crippen MR) is 67.6 cm³/mol. The van der Waals surface area contributed by atoms with Crippen molar-refractivity contribution in [3.05, 3.63) is 11.9 Å². The highest BCUT2D eigenvalue weighted by atomic mass is 16.2. The minimum absolute atomic E-state index is 0.163. The van der Waals surface area contributed by atoms with Crippen molar-refractivity contribution in [3.63, 3.8) is 0 Å². The topological polar surface area (TPSA) is 92.1 Å². The molecule has 2 amide bonds. The molecular formula is C11H18N6O2. The van der Waals surface area contributed by atoms with Crippen LogP contribution in [0.5, 0.6) is 0 Å². The van der Waals surface area contributed by atoms with Crippen molar-refractivity contribution in [1.82, 2.24) is 30.5 Å². The molecule has 1 aromatic heterocycles. The molecule has 1 aliphatic heterocycles. The molecule has 0 aromatic carbocycles. The largest absolute Gasteiger partial charge is 0.347 e. The van der Waals surface area contributed by atoms with Crippen LogP contribution in [0.3, 0.4) is 0 Å². The smallest absolute Gasteiger partial charge is 0.274 e. The maximum atomic E-state index is 11.9. The number of nitrogens with one attached hydrogen (secondary N) is 2. The fourth-order valence-electron chi connectivity index (χ4n) is 1.74. The highest BCUT2D eigenvalue weighted by Gasteiger charge is 2.23. The van der Waals surface area contributed by atoms with Gasteiger partial charge in [-0.2, -0.15) is 0 Å². The summed E-state index contributed by atoms with van der Waals surface area (Å²) < 4.78 is 1.67. The molecule has 1 fully saturated rings. The molecule has 1 aromatic rings. The van der Waals surface area contributed by atoms with Crippen molar-refractivity contribution in [3.8, 4) is 0 Å². The minimum Gasteiger partial charge on any atom is -0.347 e. The number of aromatic nitrogens is 3. The van der Waals surface area contributed by atoms with E-state index in [0.29, 0.717) is 0 Å². The molecule has 1 aliphatic rings. The van der Waals surface area contributed by atoms with Crippen molar-refractivity contribution in [2.45, 2.75) is 19.0 Å². The standard InChI is InChI=1S/C11H18N6O2/c1-7(11(19)16(2)3)13-10(18)9-6-17(15-14-9)8-4-12-5-8/h6-8,12H,4-5H2,1-3H3,(H,13,18). The first-order chi connectivity index (χ1) is 8.99. The van der Waals surface area contributed by atoms with Crippen LogP contribution in [0.2, 0.25) is 0 Å². The number of likely N-dealkylation sites (N-methyl/N-ethyl adjacent to an activating group) is 1. The number of amides is 2. The second-order valence-electron chi connectivity index (χ2n) is 4.82. The van der Waals surface area contributed by atoms with E-state index in [1.807, 2.05) is 0 Å². The second-order valence-corrected chi connectivity index (χ2v) is 4.82. The summed E-state index contributed by atoms with van der Waals surface area (Å²) in [5, 5.41) is 13.5. The van der Waals surface area contributed by atoms with E-state index in [2.05, 4.69) is 20.9 Å². The van der Waals surface area contributed by atoms with Crippen LogP contribution in [-0.2, 0) is 4.79 Å². The zero-order chi connectivity index (χ0) is 14.0. The Labute approximate surface area is 111 Å². The van der Waals surface area contributed by atoms with Crippen LogP contribution in [0.15, 0.2) is 6.20 Å². The first-order valence-corrected chi connectivity index (χ1v) is 6.13. The first kappa shape index (κ1) is 13.5. The molecular weight excluding hydrogens is 248 g/mol. The summed E-state index contributed by atoms with van der Waals surface area (Å²) in [6.07, 6.45) is 1.60. The zero-order valence-corrected chi connectivity index (χ0v) is 11.3. The molecule has 0 aliphatic carbocycles. The molecule has 1 atom stereocenters. The normalized spacial score (nSPS) is 16.6. The van der Waals surface area contributed by atoms with Crippen LogP contribution in [0.4, 0.5) is 0 Å². The molecule has 0 spiro atoms. The Morgan fingerprint density at radius 3 is 2.74 bits per heavy atom. The fourth-order valence-corrected chi connectivity index (χ4v) is 1.74. The predicted octanol–water partition coefficient (Wildman–Crippen LogP) is -1.37. The van der Waals surface area contributed by atoms with Gasteiger partial charge in [-0.1, -0.05) is 5.21 Å². The van der Waals surface area contributed by atoms with Gasteiger partial charge in [-0.15, -0.1) is 5.10 Å². The average Bonchev–Trinajstić information content (AvgIpc) is 2.74. The number of rotatable bonds is 4. The van der Waals surface area contributed by atoms with Gasteiger partial charge in [-0.05, 0) is 6.92 Å². The van der Waals surface area contributed by atoms with Crippen LogP contribution in [0.25, 0.3) is 0 Å². The Balaban J connectivity index is 1.95. The number of hydrogen-bond acceptors (Lipinski definition) is 5. The summed E-state index contributed by atoms with van der Waals surface area (Å²) in [6.45, 7) is 3.31. The molecule has 2 heterocycles. The molecule has 1 saturated heterocycles. The number of carbonyl (C=O) groups is 2. The van der Waals surface area contributed by atoms with Gasteiger partial charge in [0.2, 0.25) is 5.91 Å². The van der Waals surface area contributed by atoms with E-state index in [-0.39, 0.29) is 23.6 Å². The van der Waals surface area contributed by atoms with Gasteiger partial charge < -0.3 is 15.5 Å². The first-order valence-electron chi connectivity index (χ1n) is 6.13. The average molecular weight is 266 g/mol. The van der Waals surface area contributed by atoms with E-state index in [9.17, 15) is 9.59 Å². The molecule has 104 valence electrons. The molecule has 8 nitrogen and oxygen atoms in total. The third-order valence-electron chi connectivity index (χ3n) is 3.04. The van der Waals surface area contributed by atoms with Gasteiger partial charge in [-0.3, -0.25) is 9.59 Å². The van der Waals surface area contributed by atoms with Crippen molar-refractivity contribution >= 4 is 11.8 Å². The third-order valence-corrected chi connectivity index (χ3v) is 3.04. The summed E-state index contributed by atoms with van der Waals surface area (Å²) in [4.78, 5) is 25.0. The lowest BCUT2D eigenvalue weighted by atomic mass is 10.2. The van der Waals surface area contributed by atoms with E-state index in [1.54, 1.807) is 31.9 Å². The Morgan fingerprint density at radius 1 is 1.53 bits per heavy atom. The Bertz CT molecular complexity index is 479. The van der Waals surface area contributed by atoms with Gasteiger partial charge in [0.15, 0.2) is 5.69 Å². The highest BCUT2D eigenvalue weighted by molar-refractivity contribution is 5.95. The molecule has 0 saturated carbocycles. The molecule has 19 heavy (non-hydrogen) atoms. The van der Waals surface area contributed by atoms with Crippen LogP contribution >= 0.6 is 0 Å². The van der Waals surface area contributed by atoms with Gasteiger partial charge in [0, 0.05) is 27.2 Å². The Morgan fingerprint density at radius 2 is 2.21 bits per heavy atom. The lowest BCUT2D eigenvalue weighted by Gasteiger charge is -2.26. The van der Waals surface area contributed by atoms with Crippen molar-refractivity contribution in [2.24, 2.45) is 0 Å². The minimum atomic E-state index is -0.585. The summed E-state index contributed by atoms with van der Waals surface area (Å²) in [5.74, 6) is -0.551.